The molecule has 2 aromatic carbocycles. The lowest BCUT2D eigenvalue weighted by Crippen LogP contribution is -2.14. The summed E-state index contributed by atoms with van der Waals surface area (Å²) in [5, 5.41) is 0.618. The molecule has 0 heterocycles. The van der Waals surface area contributed by atoms with E-state index in [0.717, 1.165) is 23.3 Å². The van der Waals surface area contributed by atoms with E-state index in [1.54, 1.807) is 6.07 Å². The number of benzene rings is 2. The lowest BCUT2D eigenvalue weighted by atomic mass is 9.98. The Morgan fingerprint density at radius 2 is 1.89 bits per heavy atom. The summed E-state index contributed by atoms with van der Waals surface area (Å²) in [5.41, 5.74) is 8.04. The molecule has 1 atom stereocenters. The van der Waals surface area contributed by atoms with Crippen LogP contribution < -0.4 is 5.73 Å². The number of rotatable bonds is 3. The van der Waals surface area contributed by atoms with Gasteiger partial charge < -0.3 is 5.73 Å². The lowest BCUT2D eigenvalue weighted by Gasteiger charge is -2.14. The molecule has 1 nitrogen and oxygen atoms in total. The Kier molecular flexibility index (Phi) is 4.17. The molecule has 0 radical (unpaired) electrons. The maximum Gasteiger partial charge on any atom is 0.126 e. The quantitative estimate of drug-likeness (QED) is 0.898. The van der Waals surface area contributed by atoms with Gasteiger partial charge in [0.2, 0.25) is 0 Å². The Morgan fingerprint density at radius 3 is 2.58 bits per heavy atom. The first-order chi connectivity index (χ1) is 8.97. The van der Waals surface area contributed by atoms with Crippen molar-refractivity contribution in [3.63, 3.8) is 0 Å². The van der Waals surface area contributed by atoms with E-state index < -0.39 is 17.7 Å². The normalized spacial score (nSPS) is 12.5. The molecule has 0 spiro atoms. The first-order valence-corrected chi connectivity index (χ1v) is 6.30. The average molecular weight is 282 g/mol. The zero-order chi connectivity index (χ0) is 14.0. The molecule has 0 amide bonds. The highest BCUT2D eigenvalue weighted by atomic mass is 35.5. The van der Waals surface area contributed by atoms with Crippen LogP contribution in [0.5, 0.6) is 0 Å². The van der Waals surface area contributed by atoms with Crippen molar-refractivity contribution in [1.82, 2.24) is 0 Å². The number of aryl methyl sites for hydroxylation is 1. The van der Waals surface area contributed by atoms with Gasteiger partial charge in [-0.25, -0.2) is 8.78 Å². The fraction of sp³-hybridized carbons (Fsp3) is 0.200. The summed E-state index contributed by atoms with van der Waals surface area (Å²) >= 11 is 6.03. The predicted octanol–water partition coefficient (Wildman–Crippen LogP) is 4.17. The van der Waals surface area contributed by atoms with Gasteiger partial charge in [0.25, 0.3) is 0 Å². The van der Waals surface area contributed by atoms with E-state index in [4.69, 9.17) is 17.3 Å². The zero-order valence-electron chi connectivity index (χ0n) is 10.5. The summed E-state index contributed by atoms with van der Waals surface area (Å²) in [5.74, 6) is -0.916. The van der Waals surface area contributed by atoms with E-state index >= 15 is 0 Å². The van der Waals surface area contributed by atoms with Gasteiger partial charge in [-0.05, 0) is 54.3 Å². The van der Waals surface area contributed by atoms with Crippen LogP contribution in [-0.4, -0.2) is 0 Å². The van der Waals surface area contributed by atoms with E-state index in [1.165, 1.54) is 6.07 Å². The Bertz CT molecular complexity index is 599. The van der Waals surface area contributed by atoms with E-state index in [2.05, 4.69) is 0 Å². The largest absolute Gasteiger partial charge is 0.324 e. The van der Waals surface area contributed by atoms with Crippen molar-refractivity contribution in [1.29, 1.82) is 0 Å². The van der Waals surface area contributed by atoms with Crippen molar-refractivity contribution in [2.75, 3.05) is 0 Å². The molecule has 2 N–H and O–H groups in total. The smallest absolute Gasteiger partial charge is 0.126 e. The third-order valence-corrected chi connectivity index (χ3v) is 3.48. The maximum atomic E-state index is 13.5. The van der Waals surface area contributed by atoms with Crippen molar-refractivity contribution in [2.45, 2.75) is 19.4 Å². The SMILES string of the molecule is Cc1ccc(C(N)Cc2cc(F)ccc2F)cc1Cl. The summed E-state index contributed by atoms with van der Waals surface area (Å²) in [6, 6.07) is 8.42. The van der Waals surface area contributed by atoms with Crippen LogP contribution in [0.25, 0.3) is 0 Å². The molecule has 0 fully saturated rings. The van der Waals surface area contributed by atoms with Gasteiger partial charge in [-0.2, -0.15) is 0 Å². The molecule has 0 aromatic heterocycles. The monoisotopic (exact) mass is 281 g/mol. The molecule has 0 saturated heterocycles. The third kappa shape index (κ3) is 3.31. The van der Waals surface area contributed by atoms with Crippen LogP contribution in [0.15, 0.2) is 36.4 Å². The third-order valence-electron chi connectivity index (χ3n) is 3.07. The van der Waals surface area contributed by atoms with Crippen molar-refractivity contribution in [3.05, 3.63) is 69.7 Å². The first-order valence-electron chi connectivity index (χ1n) is 5.93. The van der Waals surface area contributed by atoms with Crippen molar-refractivity contribution < 1.29 is 8.78 Å². The second kappa shape index (κ2) is 5.68. The summed E-state index contributed by atoms with van der Waals surface area (Å²) < 4.78 is 26.6. The van der Waals surface area contributed by atoms with Gasteiger partial charge in [-0.1, -0.05) is 23.7 Å². The summed E-state index contributed by atoms with van der Waals surface area (Å²) in [6.45, 7) is 1.89. The highest BCUT2D eigenvalue weighted by molar-refractivity contribution is 6.31. The van der Waals surface area contributed by atoms with E-state index in [0.29, 0.717) is 5.02 Å². The minimum atomic E-state index is -0.467. The molecule has 1 unspecified atom stereocenters. The minimum Gasteiger partial charge on any atom is -0.324 e. The Balaban J connectivity index is 2.22. The minimum absolute atomic E-state index is 0.225. The van der Waals surface area contributed by atoms with Crippen LogP contribution in [0.3, 0.4) is 0 Å². The van der Waals surface area contributed by atoms with Crippen molar-refractivity contribution in [3.8, 4) is 0 Å². The van der Waals surface area contributed by atoms with Crippen LogP contribution >= 0.6 is 11.6 Å². The second-order valence-electron chi connectivity index (χ2n) is 4.55. The molecule has 19 heavy (non-hydrogen) atoms. The standard InChI is InChI=1S/C15H14ClF2N/c1-9-2-3-10(7-13(9)16)15(19)8-11-6-12(17)4-5-14(11)18/h2-7,15H,8,19H2,1H3. The van der Waals surface area contributed by atoms with Gasteiger partial charge in [0.15, 0.2) is 0 Å². The molecule has 0 bridgehead atoms. The van der Waals surface area contributed by atoms with Crippen molar-refractivity contribution in [2.24, 2.45) is 5.73 Å². The number of halogens is 3. The summed E-state index contributed by atoms with van der Waals surface area (Å²) in [6.07, 6.45) is 0.225. The molecule has 0 saturated carbocycles. The van der Waals surface area contributed by atoms with Crippen LogP contribution in [0.4, 0.5) is 8.78 Å². The molecular formula is C15H14ClF2N. The van der Waals surface area contributed by atoms with Crippen LogP contribution in [0.2, 0.25) is 5.02 Å². The van der Waals surface area contributed by atoms with Gasteiger partial charge in [-0.3, -0.25) is 0 Å². The summed E-state index contributed by atoms with van der Waals surface area (Å²) in [7, 11) is 0. The molecule has 100 valence electrons. The fourth-order valence-electron chi connectivity index (χ4n) is 1.89. The van der Waals surface area contributed by atoms with Gasteiger partial charge in [0.05, 0.1) is 0 Å². The Hall–Kier alpha value is -1.45. The molecule has 2 rings (SSSR count). The molecule has 2 aromatic rings. The van der Waals surface area contributed by atoms with E-state index in [9.17, 15) is 8.78 Å². The van der Waals surface area contributed by atoms with Gasteiger partial charge in [0.1, 0.15) is 11.6 Å². The number of hydrogen-bond acceptors (Lipinski definition) is 1. The highest BCUT2D eigenvalue weighted by Gasteiger charge is 2.12. The average Bonchev–Trinajstić information content (AvgIpc) is 2.37. The highest BCUT2D eigenvalue weighted by Crippen LogP contribution is 2.23. The van der Waals surface area contributed by atoms with Gasteiger partial charge in [0, 0.05) is 11.1 Å². The van der Waals surface area contributed by atoms with E-state index in [1.807, 2.05) is 19.1 Å². The summed E-state index contributed by atoms with van der Waals surface area (Å²) in [4.78, 5) is 0. The van der Waals surface area contributed by atoms with Crippen molar-refractivity contribution >= 4 is 11.6 Å². The number of hydrogen-bond donors (Lipinski definition) is 1. The lowest BCUT2D eigenvalue weighted by molar-refractivity contribution is 0.572. The molecule has 0 aliphatic carbocycles. The zero-order valence-corrected chi connectivity index (χ0v) is 11.2. The van der Waals surface area contributed by atoms with Gasteiger partial charge >= 0.3 is 0 Å². The van der Waals surface area contributed by atoms with Crippen LogP contribution in [-0.2, 0) is 6.42 Å². The van der Waals surface area contributed by atoms with Crippen LogP contribution in [0.1, 0.15) is 22.7 Å². The number of nitrogens with two attached hydrogens (primary N) is 1. The topological polar surface area (TPSA) is 26.0 Å². The Morgan fingerprint density at radius 1 is 1.16 bits per heavy atom. The maximum absolute atomic E-state index is 13.5. The fourth-order valence-corrected chi connectivity index (χ4v) is 2.08. The second-order valence-corrected chi connectivity index (χ2v) is 4.96. The molecule has 4 heteroatoms. The predicted molar refractivity (Wildman–Crippen MR) is 73.2 cm³/mol. The molecular weight excluding hydrogens is 268 g/mol. The van der Waals surface area contributed by atoms with E-state index in [-0.39, 0.29) is 12.0 Å². The van der Waals surface area contributed by atoms with Gasteiger partial charge in [-0.15, -0.1) is 0 Å². The Labute approximate surface area is 116 Å². The molecule has 0 aliphatic rings. The molecule has 0 aliphatic heterocycles. The van der Waals surface area contributed by atoms with Crippen LogP contribution in [0, 0.1) is 18.6 Å². The first kappa shape index (κ1) is 14.0.